The molecule has 21 heavy (non-hydrogen) atoms. The van der Waals surface area contributed by atoms with Crippen molar-refractivity contribution >= 4 is 5.82 Å². The first-order valence-electron chi connectivity index (χ1n) is 7.33. The Morgan fingerprint density at radius 1 is 1.19 bits per heavy atom. The zero-order chi connectivity index (χ0) is 16.0. The van der Waals surface area contributed by atoms with Gasteiger partial charge >= 0.3 is 6.18 Å². The summed E-state index contributed by atoms with van der Waals surface area (Å²) in [7, 11) is 2.05. The van der Waals surface area contributed by atoms with Crippen LogP contribution in [0.1, 0.15) is 39.2 Å². The van der Waals surface area contributed by atoms with Crippen LogP contribution in [0.2, 0.25) is 0 Å². The molecule has 0 aliphatic carbocycles. The second-order valence-electron chi connectivity index (χ2n) is 5.14. The predicted octanol–water partition coefficient (Wildman–Crippen LogP) is 4.02. The van der Waals surface area contributed by atoms with Gasteiger partial charge in [0.25, 0.3) is 0 Å². The van der Waals surface area contributed by atoms with Gasteiger partial charge in [-0.3, -0.25) is 0 Å². The monoisotopic (exact) mass is 303 g/mol. The lowest BCUT2D eigenvalue weighted by atomic mass is 10.0. The lowest BCUT2D eigenvalue weighted by molar-refractivity contribution is -0.137. The fourth-order valence-corrected chi connectivity index (χ4v) is 2.45. The van der Waals surface area contributed by atoms with Gasteiger partial charge < -0.3 is 10.2 Å². The van der Waals surface area contributed by atoms with Crippen molar-refractivity contribution < 1.29 is 13.2 Å². The molecule has 3 nitrogen and oxygen atoms in total. The van der Waals surface area contributed by atoms with Crippen molar-refractivity contribution in [3.8, 4) is 0 Å². The van der Waals surface area contributed by atoms with E-state index in [0.717, 1.165) is 31.6 Å². The van der Waals surface area contributed by atoms with Crippen LogP contribution in [0.3, 0.4) is 0 Å². The minimum atomic E-state index is -4.34. The van der Waals surface area contributed by atoms with Gasteiger partial charge in [0.05, 0.1) is 5.56 Å². The average molecular weight is 303 g/mol. The SMILES string of the molecule is CCC(Nc1ccc(C(F)(F)F)cn1)C(CC)N(C)CC. The van der Waals surface area contributed by atoms with Gasteiger partial charge in [-0.25, -0.2) is 4.98 Å². The van der Waals surface area contributed by atoms with E-state index in [0.29, 0.717) is 11.9 Å². The van der Waals surface area contributed by atoms with Crippen molar-refractivity contribution in [1.82, 2.24) is 9.88 Å². The number of hydrogen-bond acceptors (Lipinski definition) is 3. The van der Waals surface area contributed by atoms with Crippen LogP contribution in [0.15, 0.2) is 18.3 Å². The molecule has 1 N–H and O–H groups in total. The number of nitrogens with zero attached hydrogens (tertiary/aromatic N) is 2. The van der Waals surface area contributed by atoms with Crippen molar-refractivity contribution in [3.63, 3.8) is 0 Å². The number of rotatable bonds is 7. The molecule has 1 aromatic rings. The maximum Gasteiger partial charge on any atom is 0.417 e. The zero-order valence-electron chi connectivity index (χ0n) is 13.0. The Morgan fingerprint density at radius 3 is 2.24 bits per heavy atom. The third-order valence-corrected chi connectivity index (χ3v) is 3.81. The number of likely N-dealkylation sites (N-methyl/N-ethyl adjacent to an activating group) is 1. The molecule has 0 saturated heterocycles. The standard InChI is InChI=1S/C15H24F3N3/c1-5-12(13(6-2)21(4)7-3)20-14-9-8-11(10-19-14)15(16,17)18/h8-10,12-13H,5-7H2,1-4H3,(H,19,20). The molecule has 0 amide bonds. The fraction of sp³-hybridized carbons (Fsp3) is 0.667. The van der Waals surface area contributed by atoms with E-state index < -0.39 is 11.7 Å². The van der Waals surface area contributed by atoms with E-state index in [2.05, 4.69) is 43.0 Å². The second kappa shape index (κ2) is 7.64. The third kappa shape index (κ3) is 4.88. The van der Waals surface area contributed by atoms with Gasteiger partial charge in [0.15, 0.2) is 0 Å². The van der Waals surface area contributed by atoms with E-state index in [1.54, 1.807) is 0 Å². The largest absolute Gasteiger partial charge is 0.417 e. The van der Waals surface area contributed by atoms with Crippen LogP contribution in [0.25, 0.3) is 0 Å². The molecule has 0 bridgehead atoms. The lowest BCUT2D eigenvalue weighted by Gasteiger charge is -2.33. The maximum absolute atomic E-state index is 12.5. The van der Waals surface area contributed by atoms with Crippen LogP contribution < -0.4 is 5.32 Å². The summed E-state index contributed by atoms with van der Waals surface area (Å²) in [6, 6.07) is 2.93. The molecule has 1 aromatic heterocycles. The average Bonchev–Trinajstić information content (AvgIpc) is 2.46. The normalized spacial score (nSPS) is 15.0. The van der Waals surface area contributed by atoms with Gasteiger partial charge in [0.1, 0.15) is 5.82 Å². The van der Waals surface area contributed by atoms with Gasteiger partial charge in [0.2, 0.25) is 0 Å². The highest BCUT2D eigenvalue weighted by Crippen LogP contribution is 2.29. The van der Waals surface area contributed by atoms with E-state index >= 15 is 0 Å². The zero-order valence-corrected chi connectivity index (χ0v) is 13.0. The number of hydrogen-bond donors (Lipinski definition) is 1. The Morgan fingerprint density at radius 2 is 1.86 bits per heavy atom. The summed E-state index contributed by atoms with van der Waals surface area (Å²) < 4.78 is 37.5. The van der Waals surface area contributed by atoms with Crippen molar-refractivity contribution in [2.75, 3.05) is 18.9 Å². The minimum absolute atomic E-state index is 0.157. The van der Waals surface area contributed by atoms with Crippen molar-refractivity contribution in [3.05, 3.63) is 23.9 Å². The van der Waals surface area contributed by atoms with Crippen molar-refractivity contribution in [2.45, 2.75) is 51.9 Å². The quantitative estimate of drug-likeness (QED) is 0.824. The van der Waals surface area contributed by atoms with E-state index in [-0.39, 0.29) is 6.04 Å². The Balaban J connectivity index is 2.81. The van der Waals surface area contributed by atoms with Crippen molar-refractivity contribution in [1.29, 1.82) is 0 Å². The van der Waals surface area contributed by atoms with Crippen LogP contribution in [0.4, 0.5) is 19.0 Å². The summed E-state index contributed by atoms with van der Waals surface area (Å²) >= 11 is 0. The van der Waals surface area contributed by atoms with Crippen LogP contribution in [-0.4, -0.2) is 35.6 Å². The molecule has 0 aromatic carbocycles. The van der Waals surface area contributed by atoms with Crippen molar-refractivity contribution in [2.24, 2.45) is 0 Å². The number of nitrogens with one attached hydrogen (secondary N) is 1. The van der Waals surface area contributed by atoms with Gasteiger partial charge in [0, 0.05) is 18.3 Å². The third-order valence-electron chi connectivity index (χ3n) is 3.81. The molecule has 1 heterocycles. The highest BCUT2D eigenvalue weighted by molar-refractivity contribution is 5.37. The molecule has 120 valence electrons. The van der Waals surface area contributed by atoms with Gasteiger partial charge in [-0.1, -0.05) is 20.8 Å². The fourth-order valence-electron chi connectivity index (χ4n) is 2.45. The first-order chi connectivity index (χ1) is 9.83. The van der Waals surface area contributed by atoms with Gasteiger partial charge in [-0.05, 0) is 38.6 Å². The Kier molecular flexibility index (Phi) is 6.45. The van der Waals surface area contributed by atoms with E-state index in [1.165, 1.54) is 6.07 Å². The molecule has 0 radical (unpaired) electrons. The predicted molar refractivity (Wildman–Crippen MR) is 79.3 cm³/mol. The highest BCUT2D eigenvalue weighted by atomic mass is 19.4. The molecule has 6 heteroatoms. The maximum atomic E-state index is 12.5. The van der Waals surface area contributed by atoms with Gasteiger partial charge in [-0.15, -0.1) is 0 Å². The Labute approximate surface area is 124 Å². The summed E-state index contributed by atoms with van der Waals surface area (Å²) in [5, 5.41) is 3.25. The molecule has 0 saturated carbocycles. The van der Waals surface area contributed by atoms with Gasteiger partial charge in [-0.2, -0.15) is 13.2 Å². The molecule has 2 atom stereocenters. The molecular weight excluding hydrogens is 279 g/mol. The number of anilines is 1. The van der Waals surface area contributed by atoms with Crippen LogP contribution in [0.5, 0.6) is 0 Å². The minimum Gasteiger partial charge on any atom is -0.366 e. The summed E-state index contributed by atoms with van der Waals surface area (Å²) in [5.41, 5.74) is -0.723. The molecular formula is C15H24F3N3. The summed E-state index contributed by atoms with van der Waals surface area (Å²) in [6.07, 6.45) is -1.62. The van der Waals surface area contributed by atoms with E-state index in [9.17, 15) is 13.2 Å². The van der Waals surface area contributed by atoms with E-state index in [1.807, 2.05) is 0 Å². The topological polar surface area (TPSA) is 28.2 Å². The molecule has 0 spiro atoms. The summed E-state index contributed by atoms with van der Waals surface area (Å²) in [4.78, 5) is 6.13. The second-order valence-corrected chi connectivity index (χ2v) is 5.14. The number of aromatic nitrogens is 1. The Hall–Kier alpha value is -1.30. The van der Waals surface area contributed by atoms with E-state index in [4.69, 9.17) is 0 Å². The van der Waals surface area contributed by atoms with Crippen LogP contribution >= 0.6 is 0 Å². The first kappa shape index (κ1) is 17.8. The molecule has 0 fully saturated rings. The smallest absolute Gasteiger partial charge is 0.366 e. The first-order valence-corrected chi connectivity index (χ1v) is 7.33. The molecule has 0 aliphatic heterocycles. The molecule has 2 unspecified atom stereocenters. The summed E-state index contributed by atoms with van der Waals surface area (Å²) in [6.45, 7) is 7.19. The number of pyridine rings is 1. The molecule has 0 aliphatic rings. The Bertz CT molecular complexity index is 417. The molecule has 1 rings (SSSR count). The van der Waals surface area contributed by atoms with Crippen LogP contribution in [0, 0.1) is 0 Å². The number of halogens is 3. The highest BCUT2D eigenvalue weighted by Gasteiger charge is 2.30. The number of alkyl halides is 3. The summed E-state index contributed by atoms with van der Waals surface area (Å²) in [5.74, 6) is 0.484. The van der Waals surface area contributed by atoms with Crippen LogP contribution in [-0.2, 0) is 6.18 Å². The lowest BCUT2D eigenvalue weighted by Crippen LogP contribution is -2.44.